The molecule has 0 spiro atoms. The quantitative estimate of drug-likeness (QED) is 0.454. The zero-order valence-corrected chi connectivity index (χ0v) is 17.8. The summed E-state index contributed by atoms with van der Waals surface area (Å²) in [4.78, 5) is 33.2. The number of anilines is 1. The van der Waals surface area contributed by atoms with Crippen LogP contribution < -0.4 is 4.90 Å². The standard InChI is InChI=1S/C23H19F3N6O2/c24-23(25,26)15-2-4-17-18(9-15)31-21(30-17)14-1-3-16(28-10-14)13-5-7-32(8-6-13)20-12-27-11-19(29-20)22(33)34/h1-4,9-13H,5-8H2,(H,30,31)(H,33,34). The van der Waals surface area contributed by atoms with Gasteiger partial charge in [0.1, 0.15) is 11.6 Å². The van der Waals surface area contributed by atoms with Crippen LogP contribution in [0, 0.1) is 0 Å². The molecule has 1 aliphatic heterocycles. The first-order valence-corrected chi connectivity index (χ1v) is 10.6. The molecule has 4 aromatic rings. The lowest BCUT2D eigenvalue weighted by atomic mass is 9.93. The number of nitrogens with zero attached hydrogens (tertiary/aromatic N) is 5. The fourth-order valence-corrected chi connectivity index (χ4v) is 4.12. The van der Waals surface area contributed by atoms with E-state index >= 15 is 0 Å². The molecule has 0 bridgehead atoms. The molecule has 0 unspecified atom stereocenters. The Kier molecular flexibility index (Phi) is 5.39. The number of fused-ring (bicyclic) bond motifs is 1. The maximum Gasteiger partial charge on any atom is 0.416 e. The van der Waals surface area contributed by atoms with E-state index in [2.05, 4.69) is 24.9 Å². The Morgan fingerprint density at radius 3 is 2.53 bits per heavy atom. The Bertz CT molecular complexity index is 1350. The minimum atomic E-state index is -4.41. The number of aromatic amines is 1. The monoisotopic (exact) mass is 468 g/mol. The third kappa shape index (κ3) is 4.28. The van der Waals surface area contributed by atoms with Crippen molar-refractivity contribution in [2.45, 2.75) is 24.9 Å². The van der Waals surface area contributed by atoms with Crippen molar-refractivity contribution in [1.29, 1.82) is 0 Å². The average Bonchev–Trinajstić information content (AvgIpc) is 3.27. The highest BCUT2D eigenvalue weighted by Gasteiger charge is 2.31. The van der Waals surface area contributed by atoms with Crippen molar-refractivity contribution in [3.8, 4) is 11.4 Å². The van der Waals surface area contributed by atoms with Crippen LogP contribution in [-0.2, 0) is 6.18 Å². The molecule has 3 aromatic heterocycles. The summed E-state index contributed by atoms with van der Waals surface area (Å²) in [5, 5.41) is 9.11. The van der Waals surface area contributed by atoms with Gasteiger partial charge in [0.2, 0.25) is 0 Å². The third-order valence-corrected chi connectivity index (χ3v) is 5.95. The smallest absolute Gasteiger partial charge is 0.416 e. The number of pyridine rings is 1. The van der Waals surface area contributed by atoms with Crippen LogP contribution in [0.25, 0.3) is 22.4 Å². The number of aromatic nitrogens is 5. The van der Waals surface area contributed by atoms with Gasteiger partial charge in [-0.05, 0) is 43.2 Å². The summed E-state index contributed by atoms with van der Waals surface area (Å²) >= 11 is 0. The lowest BCUT2D eigenvalue weighted by molar-refractivity contribution is -0.137. The van der Waals surface area contributed by atoms with Crippen molar-refractivity contribution in [2.24, 2.45) is 0 Å². The minimum Gasteiger partial charge on any atom is -0.476 e. The number of H-pyrrole nitrogens is 1. The summed E-state index contributed by atoms with van der Waals surface area (Å²) < 4.78 is 38.9. The largest absolute Gasteiger partial charge is 0.476 e. The molecule has 1 aliphatic rings. The van der Waals surface area contributed by atoms with E-state index in [1.807, 2.05) is 17.0 Å². The number of benzene rings is 1. The van der Waals surface area contributed by atoms with E-state index < -0.39 is 17.7 Å². The molecule has 8 nitrogen and oxygen atoms in total. The predicted octanol–water partition coefficient (Wildman–Crippen LogP) is 4.52. The summed E-state index contributed by atoms with van der Waals surface area (Å²) in [6.45, 7) is 1.38. The maximum atomic E-state index is 13.0. The van der Waals surface area contributed by atoms with Crippen molar-refractivity contribution in [1.82, 2.24) is 24.9 Å². The van der Waals surface area contributed by atoms with Crippen LogP contribution in [-0.4, -0.2) is 49.1 Å². The molecular weight excluding hydrogens is 449 g/mol. The number of alkyl halides is 3. The summed E-state index contributed by atoms with van der Waals surface area (Å²) in [6.07, 6.45) is 1.67. The van der Waals surface area contributed by atoms with Gasteiger partial charge in [0, 0.05) is 36.5 Å². The lowest BCUT2D eigenvalue weighted by Crippen LogP contribution is -2.34. The van der Waals surface area contributed by atoms with E-state index in [1.54, 1.807) is 12.4 Å². The van der Waals surface area contributed by atoms with Gasteiger partial charge in [-0.1, -0.05) is 0 Å². The van der Waals surface area contributed by atoms with Crippen molar-refractivity contribution in [2.75, 3.05) is 18.0 Å². The third-order valence-electron chi connectivity index (χ3n) is 5.95. The van der Waals surface area contributed by atoms with Gasteiger partial charge in [-0.25, -0.2) is 14.8 Å². The van der Waals surface area contributed by atoms with E-state index in [4.69, 9.17) is 5.11 Å². The van der Waals surface area contributed by atoms with Crippen LogP contribution in [0.2, 0.25) is 0 Å². The fraction of sp³-hybridized carbons (Fsp3) is 0.261. The number of rotatable bonds is 4. The molecule has 0 radical (unpaired) electrons. The highest BCUT2D eigenvalue weighted by molar-refractivity contribution is 5.85. The molecule has 5 rings (SSSR count). The van der Waals surface area contributed by atoms with E-state index in [0.717, 1.165) is 30.7 Å². The first kappa shape index (κ1) is 21.8. The van der Waals surface area contributed by atoms with E-state index in [9.17, 15) is 18.0 Å². The van der Waals surface area contributed by atoms with Crippen LogP contribution >= 0.6 is 0 Å². The molecule has 11 heteroatoms. The lowest BCUT2D eigenvalue weighted by Gasteiger charge is -2.32. The summed E-state index contributed by atoms with van der Waals surface area (Å²) in [6, 6.07) is 7.19. The van der Waals surface area contributed by atoms with Gasteiger partial charge in [-0.3, -0.25) is 9.97 Å². The number of nitrogens with one attached hydrogen (secondary N) is 1. The minimum absolute atomic E-state index is 0.0860. The molecule has 0 saturated carbocycles. The van der Waals surface area contributed by atoms with Crippen LogP contribution in [0.15, 0.2) is 48.9 Å². The molecule has 1 saturated heterocycles. The van der Waals surface area contributed by atoms with Crippen molar-refractivity contribution >= 4 is 22.8 Å². The van der Waals surface area contributed by atoms with E-state index in [0.29, 0.717) is 41.3 Å². The molecule has 4 heterocycles. The van der Waals surface area contributed by atoms with Crippen molar-refractivity contribution < 1.29 is 23.1 Å². The molecule has 0 amide bonds. The van der Waals surface area contributed by atoms with E-state index in [1.165, 1.54) is 12.3 Å². The summed E-state index contributed by atoms with van der Waals surface area (Å²) in [5.74, 6) is 0.116. The van der Waals surface area contributed by atoms with Gasteiger partial charge in [0.05, 0.1) is 29.0 Å². The Balaban J connectivity index is 1.28. The van der Waals surface area contributed by atoms with Gasteiger partial charge in [-0.2, -0.15) is 13.2 Å². The number of piperidine rings is 1. The number of carbonyl (C=O) groups is 1. The molecule has 174 valence electrons. The molecule has 1 aromatic carbocycles. The zero-order chi connectivity index (χ0) is 23.9. The second kappa shape index (κ2) is 8.40. The van der Waals surface area contributed by atoms with E-state index in [-0.39, 0.29) is 11.6 Å². The average molecular weight is 468 g/mol. The van der Waals surface area contributed by atoms with Gasteiger partial charge < -0.3 is 15.0 Å². The molecule has 2 N–H and O–H groups in total. The number of aromatic carboxylic acids is 1. The second-order valence-corrected chi connectivity index (χ2v) is 8.12. The Labute approximate surface area is 191 Å². The molecule has 1 fully saturated rings. The van der Waals surface area contributed by atoms with Crippen LogP contribution in [0.5, 0.6) is 0 Å². The first-order valence-electron chi connectivity index (χ1n) is 10.6. The van der Waals surface area contributed by atoms with Crippen molar-refractivity contribution in [3.63, 3.8) is 0 Å². The molecular formula is C23H19F3N6O2. The number of carboxylic acids is 1. The number of halogens is 3. The highest BCUT2D eigenvalue weighted by Crippen LogP contribution is 2.32. The fourth-order valence-electron chi connectivity index (χ4n) is 4.12. The first-order chi connectivity index (χ1) is 16.3. The number of carboxylic acid groups (broad SMARTS) is 1. The van der Waals surface area contributed by atoms with Crippen molar-refractivity contribution in [3.05, 3.63) is 65.9 Å². The van der Waals surface area contributed by atoms with Crippen LogP contribution in [0.4, 0.5) is 19.0 Å². The van der Waals surface area contributed by atoms with Crippen LogP contribution in [0.3, 0.4) is 0 Å². The Hall–Kier alpha value is -4.02. The Morgan fingerprint density at radius 1 is 1.06 bits per heavy atom. The zero-order valence-electron chi connectivity index (χ0n) is 17.8. The second-order valence-electron chi connectivity index (χ2n) is 8.12. The van der Waals surface area contributed by atoms with Crippen LogP contribution in [0.1, 0.15) is 40.5 Å². The SMILES string of the molecule is O=C(O)c1cncc(N2CCC(c3ccc(-c4nc5ccc(C(F)(F)F)cc5[nH]4)cn3)CC2)n1. The van der Waals surface area contributed by atoms with Gasteiger partial charge in [0.15, 0.2) is 5.69 Å². The molecule has 34 heavy (non-hydrogen) atoms. The number of hydrogen-bond acceptors (Lipinski definition) is 6. The summed E-state index contributed by atoms with van der Waals surface area (Å²) in [5.41, 5.74) is 1.56. The maximum absolute atomic E-state index is 13.0. The number of hydrogen-bond donors (Lipinski definition) is 2. The Morgan fingerprint density at radius 2 is 1.85 bits per heavy atom. The molecule has 0 aliphatic carbocycles. The normalized spacial score (nSPS) is 15.1. The highest BCUT2D eigenvalue weighted by atomic mass is 19.4. The van der Waals surface area contributed by atoms with Gasteiger partial charge in [0.25, 0.3) is 0 Å². The topological polar surface area (TPSA) is 108 Å². The van der Waals surface area contributed by atoms with Gasteiger partial charge >= 0.3 is 12.1 Å². The number of imidazole rings is 1. The molecule has 0 atom stereocenters. The predicted molar refractivity (Wildman–Crippen MR) is 118 cm³/mol. The summed E-state index contributed by atoms with van der Waals surface area (Å²) in [7, 11) is 0. The van der Waals surface area contributed by atoms with Gasteiger partial charge in [-0.15, -0.1) is 0 Å².